The SMILES string of the molecule is CNC(=O)COc1ccc(S(=O)(=O)N2CCCCC2C)cc1. The Kier molecular flexibility index (Phi) is 5.42. The van der Waals surface area contributed by atoms with Crippen LogP contribution >= 0.6 is 0 Å². The molecular weight excluding hydrogens is 304 g/mol. The third-order valence-corrected chi connectivity index (χ3v) is 5.85. The van der Waals surface area contributed by atoms with Crippen molar-refractivity contribution in [1.82, 2.24) is 9.62 Å². The molecule has 1 amide bonds. The Hall–Kier alpha value is -1.60. The number of likely N-dealkylation sites (N-methyl/N-ethyl adjacent to an activating group) is 1. The molecule has 1 N–H and O–H groups in total. The van der Waals surface area contributed by atoms with Crippen LogP contribution in [-0.2, 0) is 14.8 Å². The van der Waals surface area contributed by atoms with Gasteiger partial charge in [0.25, 0.3) is 5.91 Å². The highest BCUT2D eigenvalue weighted by atomic mass is 32.2. The highest BCUT2D eigenvalue weighted by Crippen LogP contribution is 2.26. The van der Waals surface area contributed by atoms with E-state index in [4.69, 9.17) is 4.74 Å². The molecule has 0 aliphatic carbocycles. The number of benzene rings is 1. The van der Waals surface area contributed by atoms with E-state index in [1.165, 1.54) is 19.2 Å². The van der Waals surface area contributed by atoms with Crippen LogP contribution in [0.2, 0.25) is 0 Å². The minimum absolute atomic E-state index is 0.0305. The summed E-state index contributed by atoms with van der Waals surface area (Å²) in [5.41, 5.74) is 0. The number of hydrogen-bond donors (Lipinski definition) is 1. The molecule has 1 atom stereocenters. The van der Waals surface area contributed by atoms with Crippen LogP contribution in [0.3, 0.4) is 0 Å². The first-order valence-electron chi connectivity index (χ1n) is 7.40. The lowest BCUT2D eigenvalue weighted by Gasteiger charge is -2.32. The molecule has 7 heteroatoms. The number of carbonyl (C=O) groups excluding carboxylic acids is 1. The number of carbonyl (C=O) groups is 1. The summed E-state index contributed by atoms with van der Waals surface area (Å²) >= 11 is 0. The van der Waals surface area contributed by atoms with Crippen molar-refractivity contribution in [1.29, 1.82) is 0 Å². The molecular formula is C15H22N2O4S. The Morgan fingerprint density at radius 1 is 1.32 bits per heavy atom. The van der Waals surface area contributed by atoms with Crippen LogP contribution in [0.25, 0.3) is 0 Å². The van der Waals surface area contributed by atoms with E-state index < -0.39 is 10.0 Å². The van der Waals surface area contributed by atoms with E-state index in [9.17, 15) is 13.2 Å². The lowest BCUT2D eigenvalue weighted by atomic mass is 10.1. The maximum atomic E-state index is 12.6. The second kappa shape index (κ2) is 7.11. The zero-order chi connectivity index (χ0) is 16.2. The van der Waals surface area contributed by atoms with E-state index in [1.807, 2.05) is 6.92 Å². The fourth-order valence-electron chi connectivity index (χ4n) is 2.49. The van der Waals surface area contributed by atoms with Crippen LogP contribution in [0.15, 0.2) is 29.2 Å². The lowest BCUT2D eigenvalue weighted by Crippen LogP contribution is -2.41. The van der Waals surface area contributed by atoms with Crippen molar-refractivity contribution < 1.29 is 17.9 Å². The van der Waals surface area contributed by atoms with Gasteiger partial charge in [-0.15, -0.1) is 0 Å². The number of rotatable bonds is 5. The van der Waals surface area contributed by atoms with Gasteiger partial charge in [0.15, 0.2) is 6.61 Å². The fourth-order valence-corrected chi connectivity index (χ4v) is 4.19. The Balaban J connectivity index is 2.10. The van der Waals surface area contributed by atoms with Gasteiger partial charge in [0, 0.05) is 19.6 Å². The highest BCUT2D eigenvalue weighted by Gasteiger charge is 2.30. The zero-order valence-corrected chi connectivity index (χ0v) is 13.7. The van der Waals surface area contributed by atoms with Crippen LogP contribution in [-0.4, -0.2) is 44.9 Å². The molecule has 122 valence electrons. The van der Waals surface area contributed by atoms with Crippen LogP contribution in [0.5, 0.6) is 5.75 Å². The van der Waals surface area contributed by atoms with Gasteiger partial charge >= 0.3 is 0 Å². The van der Waals surface area contributed by atoms with Crippen molar-refractivity contribution in [3.05, 3.63) is 24.3 Å². The van der Waals surface area contributed by atoms with E-state index >= 15 is 0 Å². The minimum Gasteiger partial charge on any atom is -0.484 e. The van der Waals surface area contributed by atoms with Gasteiger partial charge in [0.1, 0.15) is 5.75 Å². The van der Waals surface area contributed by atoms with Gasteiger partial charge < -0.3 is 10.1 Å². The summed E-state index contributed by atoms with van der Waals surface area (Å²) in [5.74, 6) is 0.230. The summed E-state index contributed by atoms with van der Waals surface area (Å²) in [5, 5.41) is 2.45. The Bertz CT molecular complexity index is 613. The number of hydrogen-bond acceptors (Lipinski definition) is 4. The number of amides is 1. The average Bonchev–Trinajstić information content (AvgIpc) is 2.53. The van der Waals surface area contributed by atoms with Crippen LogP contribution in [0, 0.1) is 0 Å². The summed E-state index contributed by atoms with van der Waals surface area (Å²) in [6.07, 6.45) is 2.86. The van der Waals surface area contributed by atoms with E-state index in [2.05, 4.69) is 5.32 Å². The van der Waals surface area contributed by atoms with Crippen molar-refractivity contribution in [3.63, 3.8) is 0 Å². The van der Waals surface area contributed by atoms with Gasteiger partial charge in [-0.3, -0.25) is 4.79 Å². The van der Waals surface area contributed by atoms with Gasteiger partial charge in [-0.25, -0.2) is 8.42 Å². The molecule has 0 aromatic heterocycles. The fraction of sp³-hybridized carbons (Fsp3) is 0.533. The van der Waals surface area contributed by atoms with E-state index in [1.54, 1.807) is 16.4 Å². The summed E-state index contributed by atoms with van der Waals surface area (Å²) in [4.78, 5) is 11.4. The van der Waals surface area contributed by atoms with Crippen LogP contribution in [0.1, 0.15) is 26.2 Å². The number of sulfonamides is 1. The molecule has 0 bridgehead atoms. The molecule has 1 aliphatic heterocycles. The molecule has 1 saturated heterocycles. The number of ether oxygens (including phenoxy) is 1. The van der Waals surface area contributed by atoms with Crippen molar-refractivity contribution in [2.24, 2.45) is 0 Å². The first-order valence-corrected chi connectivity index (χ1v) is 8.84. The molecule has 2 rings (SSSR count). The molecule has 1 unspecified atom stereocenters. The summed E-state index contributed by atoms with van der Waals surface area (Å²) in [7, 11) is -1.94. The predicted molar refractivity (Wildman–Crippen MR) is 83.2 cm³/mol. The third kappa shape index (κ3) is 3.78. The largest absolute Gasteiger partial charge is 0.484 e. The molecule has 6 nitrogen and oxygen atoms in total. The Labute approximate surface area is 131 Å². The smallest absolute Gasteiger partial charge is 0.257 e. The highest BCUT2D eigenvalue weighted by molar-refractivity contribution is 7.89. The van der Waals surface area contributed by atoms with Crippen molar-refractivity contribution >= 4 is 15.9 Å². The molecule has 0 spiro atoms. The molecule has 1 aromatic rings. The van der Waals surface area contributed by atoms with E-state index in [0.29, 0.717) is 12.3 Å². The van der Waals surface area contributed by atoms with Crippen molar-refractivity contribution in [2.75, 3.05) is 20.2 Å². The quantitative estimate of drug-likeness (QED) is 0.887. The van der Waals surface area contributed by atoms with Crippen LogP contribution in [0.4, 0.5) is 0 Å². The molecule has 0 radical (unpaired) electrons. The Morgan fingerprint density at radius 2 is 2.00 bits per heavy atom. The molecule has 22 heavy (non-hydrogen) atoms. The summed E-state index contributed by atoms with van der Waals surface area (Å²) in [6, 6.07) is 6.23. The zero-order valence-electron chi connectivity index (χ0n) is 12.9. The van der Waals surface area contributed by atoms with Crippen molar-refractivity contribution in [3.8, 4) is 5.75 Å². The Morgan fingerprint density at radius 3 is 2.59 bits per heavy atom. The van der Waals surface area contributed by atoms with Gasteiger partial charge in [0.2, 0.25) is 10.0 Å². The first-order chi connectivity index (χ1) is 10.4. The maximum absolute atomic E-state index is 12.6. The van der Waals surface area contributed by atoms with Gasteiger partial charge in [-0.2, -0.15) is 4.31 Å². The molecule has 1 heterocycles. The summed E-state index contributed by atoms with van der Waals surface area (Å²) in [6.45, 7) is 2.42. The maximum Gasteiger partial charge on any atom is 0.257 e. The van der Waals surface area contributed by atoms with E-state index in [-0.39, 0.29) is 23.5 Å². The summed E-state index contributed by atoms with van der Waals surface area (Å²) < 4.78 is 32.1. The third-order valence-electron chi connectivity index (χ3n) is 3.82. The molecule has 1 aromatic carbocycles. The molecule has 0 saturated carbocycles. The van der Waals surface area contributed by atoms with Gasteiger partial charge in [0.05, 0.1) is 4.90 Å². The predicted octanol–water partition coefficient (Wildman–Crippen LogP) is 1.37. The standard InChI is InChI=1S/C15H22N2O4S/c1-12-5-3-4-10-17(12)22(19,20)14-8-6-13(7-9-14)21-11-15(18)16-2/h6-9,12H,3-5,10-11H2,1-2H3,(H,16,18). The number of piperidine rings is 1. The van der Waals surface area contributed by atoms with Gasteiger partial charge in [-0.1, -0.05) is 6.42 Å². The van der Waals surface area contributed by atoms with Crippen molar-refractivity contribution in [2.45, 2.75) is 37.1 Å². The lowest BCUT2D eigenvalue weighted by molar-refractivity contribution is -0.122. The molecule has 1 fully saturated rings. The normalized spacial score (nSPS) is 19.6. The first kappa shape index (κ1) is 16.8. The van der Waals surface area contributed by atoms with Crippen LogP contribution < -0.4 is 10.1 Å². The van der Waals surface area contributed by atoms with Gasteiger partial charge in [-0.05, 0) is 44.0 Å². The second-order valence-corrected chi connectivity index (χ2v) is 7.28. The number of nitrogens with one attached hydrogen (secondary N) is 1. The topological polar surface area (TPSA) is 75.7 Å². The monoisotopic (exact) mass is 326 g/mol. The molecule has 1 aliphatic rings. The van der Waals surface area contributed by atoms with E-state index in [0.717, 1.165) is 19.3 Å². The second-order valence-electron chi connectivity index (χ2n) is 5.39. The average molecular weight is 326 g/mol. The minimum atomic E-state index is -3.47. The number of nitrogens with zero attached hydrogens (tertiary/aromatic N) is 1.